The Morgan fingerprint density at radius 3 is 2.71 bits per heavy atom. The van der Waals surface area contributed by atoms with E-state index in [1.54, 1.807) is 13.2 Å². The van der Waals surface area contributed by atoms with Gasteiger partial charge in [0.2, 0.25) is 5.91 Å². The van der Waals surface area contributed by atoms with E-state index in [-0.39, 0.29) is 5.91 Å². The van der Waals surface area contributed by atoms with Gasteiger partial charge in [-0.25, -0.2) is 0 Å². The van der Waals surface area contributed by atoms with Crippen LogP contribution < -0.4 is 14.8 Å². The lowest BCUT2D eigenvalue weighted by atomic mass is 10.2. The maximum Gasteiger partial charge on any atom is 0.243 e. The Kier molecular flexibility index (Phi) is 7.37. The van der Waals surface area contributed by atoms with E-state index in [2.05, 4.69) is 19.2 Å². The molecule has 4 nitrogen and oxygen atoms in total. The van der Waals surface area contributed by atoms with Gasteiger partial charge < -0.3 is 14.8 Å². The highest BCUT2D eigenvalue weighted by molar-refractivity contribution is 5.91. The van der Waals surface area contributed by atoms with Gasteiger partial charge in [-0.1, -0.05) is 26.8 Å². The van der Waals surface area contributed by atoms with Crippen molar-refractivity contribution in [1.29, 1.82) is 0 Å². The number of hydrogen-bond donors (Lipinski definition) is 1. The highest BCUT2D eigenvalue weighted by Gasteiger charge is 2.06. The SMILES string of the molecule is CCCNC(=O)/C=C/c1ccc(OCC(C)C)c(OC)c1. The largest absolute Gasteiger partial charge is 0.493 e. The molecule has 0 aliphatic carbocycles. The van der Waals surface area contributed by atoms with Gasteiger partial charge in [0.1, 0.15) is 0 Å². The Morgan fingerprint density at radius 1 is 1.33 bits per heavy atom. The number of ether oxygens (including phenoxy) is 2. The molecule has 0 heterocycles. The van der Waals surface area contributed by atoms with Gasteiger partial charge in [0.05, 0.1) is 13.7 Å². The zero-order valence-electron chi connectivity index (χ0n) is 13.3. The van der Waals surface area contributed by atoms with E-state index in [9.17, 15) is 4.79 Å². The second-order valence-corrected chi connectivity index (χ2v) is 5.24. The van der Waals surface area contributed by atoms with E-state index in [0.717, 1.165) is 17.7 Å². The van der Waals surface area contributed by atoms with Gasteiger partial charge in [-0.15, -0.1) is 0 Å². The highest BCUT2D eigenvalue weighted by atomic mass is 16.5. The summed E-state index contributed by atoms with van der Waals surface area (Å²) in [6.07, 6.45) is 4.22. The zero-order valence-corrected chi connectivity index (χ0v) is 13.3. The molecule has 0 aromatic heterocycles. The number of benzene rings is 1. The first-order valence-corrected chi connectivity index (χ1v) is 7.33. The molecular formula is C17H25NO3. The molecule has 0 saturated carbocycles. The summed E-state index contributed by atoms with van der Waals surface area (Å²) in [6.45, 7) is 7.54. The van der Waals surface area contributed by atoms with Crippen molar-refractivity contribution in [2.24, 2.45) is 5.92 Å². The van der Waals surface area contributed by atoms with Crippen LogP contribution in [0.4, 0.5) is 0 Å². The number of rotatable bonds is 8. The first-order chi connectivity index (χ1) is 10.1. The van der Waals surface area contributed by atoms with Crippen molar-refractivity contribution in [3.63, 3.8) is 0 Å². The third-order valence-electron chi connectivity index (χ3n) is 2.74. The van der Waals surface area contributed by atoms with Crippen molar-refractivity contribution >= 4 is 12.0 Å². The Morgan fingerprint density at radius 2 is 2.10 bits per heavy atom. The van der Waals surface area contributed by atoms with E-state index in [0.29, 0.717) is 24.8 Å². The quantitative estimate of drug-likeness (QED) is 0.748. The minimum atomic E-state index is -0.0871. The first-order valence-electron chi connectivity index (χ1n) is 7.33. The molecule has 1 aromatic carbocycles. The number of amides is 1. The zero-order chi connectivity index (χ0) is 15.7. The predicted molar refractivity (Wildman–Crippen MR) is 85.7 cm³/mol. The van der Waals surface area contributed by atoms with E-state index in [1.807, 2.05) is 25.1 Å². The van der Waals surface area contributed by atoms with Gasteiger partial charge in [-0.2, -0.15) is 0 Å². The summed E-state index contributed by atoms with van der Waals surface area (Å²) in [4.78, 5) is 11.5. The lowest BCUT2D eigenvalue weighted by molar-refractivity contribution is -0.116. The minimum Gasteiger partial charge on any atom is -0.493 e. The molecule has 0 unspecified atom stereocenters. The van der Waals surface area contributed by atoms with E-state index >= 15 is 0 Å². The summed E-state index contributed by atoms with van der Waals surface area (Å²) in [5, 5.41) is 2.79. The monoisotopic (exact) mass is 291 g/mol. The Hall–Kier alpha value is -1.97. The van der Waals surface area contributed by atoms with Gasteiger partial charge in [0, 0.05) is 12.6 Å². The number of nitrogens with one attached hydrogen (secondary N) is 1. The number of carbonyl (C=O) groups excluding carboxylic acids is 1. The van der Waals surface area contributed by atoms with Crippen molar-refractivity contribution in [2.45, 2.75) is 27.2 Å². The lowest BCUT2D eigenvalue weighted by Crippen LogP contribution is -2.21. The molecule has 0 aliphatic rings. The smallest absolute Gasteiger partial charge is 0.243 e. The van der Waals surface area contributed by atoms with Crippen LogP contribution in [0, 0.1) is 5.92 Å². The molecule has 21 heavy (non-hydrogen) atoms. The molecular weight excluding hydrogens is 266 g/mol. The molecule has 0 atom stereocenters. The molecule has 0 bridgehead atoms. The average Bonchev–Trinajstić information content (AvgIpc) is 2.48. The standard InChI is InChI=1S/C17H25NO3/c1-5-10-18-17(19)9-7-14-6-8-15(16(11-14)20-4)21-12-13(2)3/h6-9,11,13H,5,10,12H2,1-4H3,(H,18,19)/b9-7+. The summed E-state index contributed by atoms with van der Waals surface area (Å²) in [7, 11) is 1.61. The Balaban J connectivity index is 2.72. The summed E-state index contributed by atoms with van der Waals surface area (Å²) in [6, 6.07) is 5.63. The van der Waals surface area contributed by atoms with Crippen LogP contribution in [0.1, 0.15) is 32.8 Å². The van der Waals surface area contributed by atoms with E-state index in [1.165, 1.54) is 6.08 Å². The van der Waals surface area contributed by atoms with Crippen LogP contribution in [-0.4, -0.2) is 26.2 Å². The summed E-state index contributed by atoms with van der Waals surface area (Å²) < 4.78 is 11.0. The fraction of sp³-hybridized carbons (Fsp3) is 0.471. The van der Waals surface area contributed by atoms with Crippen LogP contribution in [0.15, 0.2) is 24.3 Å². The van der Waals surface area contributed by atoms with Crippen molar-refractivity contribution in [2.75, 3.05) is 20.3 Å². The molecule has 0 aliphatic heterocycles. The molecule has 1 aromatic rings. The van der Waals surface area contributed by atoms with Crippen molar-refractivity contribution in [3.8, 4) is 11.5 Å². The van der Waals surface area contributed by atoms with Gasteiger partial charge in [-0.05, 0) is 36.1 Å². The predicted octanol–water partition coefficient (Wildman–Crippen LogP) is 3.27. The van der Waals surface area contributed by atoms with Crippen LogP contribution in [0.2, 0.25) is 0 Å². The van der Waals surface area contributed by atoms with E-state index in [4.69, 9.17) is 9.47 Å². The number of hydrogen-bond acceptors (Lipinski definition) is 3. The van der Waals surface area contributed by atoms with Crippen LogP contribution in [-0.2, 0) is 4.79 Å². The Labute approximate surface area is 127 Å². The van der Waals surface area contributed by atoms with Crippen LogP contribution in [0.3, 0.4) is 0 Å². The molecule has 1 rings (SSSR count). The molecule has 1 amide bonds. The van der Waals surface area contributed by atoms with Gasteiger partial charge >= 0.3 is 0 Å². The molecule has 0 fully saturated rings. The fourth-order valence-electron chi connectivity index (χ4n) is 1.64. The van der Waals surface area contributed by atoms with Crippen molar-refractivity contribution < 1.29 is 14.3 Å². The van der Waals surface area contributed by atoms with Gasteiger partial charge in [0.25, 0.3) is 0 Å². The molecule has 1 N–H and O–H groups in total. The normalized spacial score (nSPS) is 10.9. The minimum absolute atomic E-state index is 0.0871. The number of methoxy groups -OCH3 is 1. The maximum absolute atomic E-state index is 11.5. The summed E-state index contributed by atoms with van der Waals surface area (Å²) in [5.41, 5.74) is 0.899. The highest BCUT2D eigenvalue weighted by Crippen LogP contribution is 2.28. The third kappa shape index (κ3) is 6.34. The summed E-state index contributed by atoms with van der Waals surface area (Å²) in [5.74, 6) is 1.76. The summed E-state index contributed by atoms with van der Waals surface area (Å²) >= 11 is 0. The number of carbonyl (C=O) groups is 1. The topological polar surface area (TPSA) is 47.6 Å². The van der Waals surface area contributed by atoms with Crippen LogP contribution in [0.5, 0.6) is 11.5 Å². The molecule has 0 saturated heterocycles. The fourth-order valence-corrected chi connectivity index (χ4v) is 1.64. The molecule has 0 radical (unpaired) electrons. The third-order valence-corrected chi connectivity index (χ3v) is 2.74. The van der Waals surface area contributed by atoms with Gasteiger partial charge in [0.15, 0.2) is 11.5 Å². The molecule has 116 valence electrons. The van der Waals surface area contributed by atoms with Crippen LogP contribution >= 0.6 is 0 Å². The molecule has 4 heteroatoms. The van der Waals surface area contributed by atoms with Crippen molar-refractivity contribution in [3.05, 3.63) is 29.8 Å². The van der Waals surface area contributed by atoms with Gasteiger partial charge in [-0.3, -0.25) is 4.79 Å². The first kappa shape index (κ1) is 17.1. The second kappa shape index (κ2) is 9.06. The van der Waals surface area contributed by atoms with Crippen molar-refractivity contribution in [1.82, 2.24) is 5.32 Å². The van der Waals surface area contributed by atoms with Crippen LogP contribution in [0.25, 0.3) is 6.08 Å². The Bertz CT molecular complexity index is 481. The maximum atomic E-state index is 11.5. The van der Waals surface area contributed by atoms with E-state index < -0.39 is 0 Å². The molecule has 0 spiro atoms. The lowest BCUT2D eigenvalue weighted by Gasteiger charge is -2.12. The average molecular weight is 291 g/mol. The second-order valence-electron chi connectivity index (χ2n) is 5.24.